The van der Waals surface area contributed by atoms with Crippen LogP contribution in [0.4, 0.5) is 0 Å². The highest BCUT2D eigenvalue weighted by Crippen LogP contribution is 2.34. The van der Waals surface area contributed by atoms with E-state index in [9.17, 15) is 9.59 Å². The van der Waals surface area contributed by atoms with Crippen molar-refractivity contribution in [2.75, 3.05) is 13.4 Å². The minimum Gasteiger partial charge on any atom is -0.454 e. The number of hydrogen-bond donors (Lipinski definition) is 1. The standard InChI is InChI=1S/C20H21NO5/c1-12-4-5-13(2)16(8-12)20(23)24-10-19(22)21-14(3)15-6-7-17-18(9-15)26-11-25-17/h4-9,14H,10-11H2,1-3H3,(H,21,22)/t14-/m1/s1. The normalized spacial score (nSPS) is 13.2. The molecule has 0 unspecified atom stereocenters. The first-order valence-electron chi connectivity index (χ1n) is 8.37. The van der Waals surface area contributed by atoms with E-state index in [2.05, 4.69) is 5.32 Å². The molecule has 1 amide bonds. The number of amides is 1. The van der Waals surface area contributed by atoms with E-state index in [1.807, 2.05) is 45.0 Å². The van der Waals surface area contributed by atoms with E-state index >= 15 is 0 Å². The number of aryl methyl sites for hydroxylation is 2. The van der Waals surface area contributed by atoms with Gasteiger partial charge in [0.25, 0.3) is 5.91 Å². The third-order valence-corrected chi connectivity index (χ3v) is 4.22. The van der Waals surface area contributed by atoms with Gasteiger partial charge in [0.1, 0.15) is 0 Å². The predicted molar refractivity (Wildman–Crippen MR) is 95.3 cm³/mol. The maximum atomic E-state index is 12.2. The van der Waals surface area contributed by atoms with Gasteiger partial charge in [0.15, 0.2) is 18.1 Å². The summed E-state index contributed by atoms with van der Waals surface area (Å²) in [6, 6.07) is 10.8. The third kappa shape index (κ3) is 3.96. The lowest BCUT2D eigenvalue weighted by Gasteiger charge is -2.15. The van der Waals surface area contributed by atoms with Gasteiger partial charge in [-0.05, 0) is 50.1 Å². The summed E-state index contributed by atoms with van der Waals surface area (Å²) in [6.45, 7) is 5.45. The molecule has 2 aromatic carbocycles. The lowest BCUT2D eigenvalue weighted by Crippen LogP contribution is -2.31. The first-order chi connectivity index (χ1) is 12.4. The zero-order chi connectivity index (χ0) is 18.7. The van der Waals surface area contributed by atoms with E-state index in [1.165, 1.54) is 0 Å². The van der Waals surface area contributed by atoms with Crippen LogP contribution < -0.4 is 14.8 Å². The maximum Gasteiger partial charge on any atom is 0.338 e. The van der Waals surface area contributed by atoms with Crippen LogP contribution in [0.25, 0.3) is 0 Å². The summed E-state index contributed by atoms with van der Waals surface area (Å²) < 4.78 is 15.8. The van der Waals surface area contributed by atoms with Crippen molar-refractivity contribution in [2.24, 2.45) is 0 Å². The van der Waals surface area contributed by atoms with Crippen LogP contribution in [-0.2, 0) is 9.53 Å². The fourth-order valence-electron chi connectivity index (χ4n) is 2.71. The molecule has 6 nitrogen and oxygen atoms in total. The Balaban J connectivity index is 1.55. The number of hydrogen-bond acceptors (Lipinski definition) is 5. The Labute approximate surface area is 152 Å². The molecule has 1 heterocycles. The van der Waals surface area contributed by atoms with Gasteiger partial charge in [-0.1, -0.05) is 23.8 Å². The Hall–Kier alpha value is -3.02. The monoisotopic (exact) mass is 355 g/mol. The van der Waals surface area contributed by atoms with Crippen LogP contribution in [0.2, 0.25) is 0 Å². The van der Waals surface area contributed by atoms with Gasteiger partial charge in [0.2, 0.25) is 6.79 Å². The molecule has 6 heteroatoms. The van der Waals surface area contributed by atoms with Gasteiger partial charge in [-0.25, -0.2) is 4.79 Å². The summed E-state index contributed by atoms with van der Waals surface area (Å²) in [6.07, 6.45) is 0. The predicted octanol–water partition coefficient (Wildman–Crippen LogP) is 3.07. The highest BCUT2D eigenvalue weighted by Gasteiger charge is 2.18. The van der Waals surface area contributed by atoms with Crippen molar-refractivity contribution < 1.29 is 23.8 Å². The second kappa shape index (κ2) is 7.47. The molecule has 0 bridgehead atoms. The van der Waals surface area contributed by atoms with E-state index in [-0.39, 0.29) is 25.3 Å². The van der Waals surface area contributed by atoms with Gasteiger partial charge < -0.3 is 19.5 Å². The van der Waals surface area contributed by atoms with Crippen LogP contribution in [-0.4, -0.2) is 25.3 Å². The highest BCUT2D eigenvalue weighted by atomic mass is 16.7. The second-order valence-corrected chi connectivity index (χ2v) is 6.30. The zero-order valence-corrected chi connectivity index (χ0v) is 15.0. The molecule has 0 saturated carbocycles. The van der Waals surface area contributed by atoms with E-state index < -0.39 is 5.97 Å². The fraction of sp³-hybridized carbons (Fsp3) is 0.300. The molecule has 1 aliphatic heterocycles. The first kappa shape index (κ1) is 17.8. The van der Waals surface area contributed by atoms with Gasteiger partial charge in [0, 0.05) is 0 Å². The zero-order valence-electron chi connectivity index (χ0n) is 15.0. The van der Waals surface area contributed by atoms with E-state index in [0.717, 1.165) is 16.7 Å². The number of ether oxygens (including phenoxy) is 3. The van der Waals surface area contributed by atoms with E-state index in [1.54, 1.807) is 12.1 Å². The summed E-state index contributed by atoms with van der Waals surface area (Å²) in [5.74, 6) is 0.477. The Morgan fingerprint density at radius 2 is 1.88 bits per heavy atom. The molecular formula is C20H21NO5. The molecule has 26 heavy (non-hydrogen) atoms. The molecule has 0 aromatic heterocycles. The van der Waals surface area contributed by atoms with Crippen molar-refractivity contribution >= 4 is 11.9 Å². The lowest BCUT2D eigenvalue weighted by atomic mass is 10.1. The van der Waals surface area contributed by atoms with Crippen molar-refractivity contribution in [3.63, 3.8) is 0 Å². The molecule has 136 valence electrons. The topological polar surface area (TPSA) is 73.9 Å². The molecule has 0 fully saturated rings. The molecule has 0 radical (unpaired) electrons. The number of rotatable bonds is 5. The maximum absolute atomic E-state index is 12.2. The number of fused-ring (bicyclic) bond motifs is 1. The molecule has 1 aliphatic rings. The molecule has 1 atom stereocenters. The second-order valence-electron chi connectivity index (χ2n) is 6.30. The average molecular weight is 355 g/mol. The number of benzene rings is 2. The fourth-order valence-corrected chi connectivity index (χ4v) is 2.71. The Kier molecular flexibility index (Phi) is 5.11. The van der Waals surface area contributed by atoms with Crippen molar-refractivity contribution in [1.82, 2.24) is 5.32 Å². The Morgan fingerprint density at radius 1 is 1.12 bits per heavy atom. The van der Waals surface area contributed by atoms with Gasteiger partial charge in [-0.15, -0.1) is 0 Å². The SMILES string of the molecule is Cc1ccc(C)c(C(=O)OCC(=O)N[C@H](C)c2ccc3c(c2)OCO3)c1. The van der Waals surface area contributed by atoms with Gasteiger partial charge in [0.05, 0.1) is 11.6 Å². The molecule has 1 N–H and O–H groups in total. The van der Waals surface area contributed by atoms with Crippen LogP contribution in [0.3, 0.4) is 0 Å². The van der Waals surface area contributed by atoms with Crippen molar-refractivity contribution in [2.45, 2.75) is 26.8 Å². The molecule has 0 aliphatic carbocycles. The summed E-state index contributed by atoms with van der Waals surface area (Å²) in [5, 5.41) is 2.81. The number of nitrogens with one attached hydrogen (secondary N) is 1. The first-order valence-corrected chi connectivity index (χ1v) is 8.37. The van der Waals surface area contributed by atoms with Crippen LogP contribution >= 0.6 is 0 Å². The molecule has 2 aromatic rings. The van der Waals surface area contributed by atoms with Gasteiger partial charge >= 0.3 is 5.97 Å². The summed E-state index contributed by atoms with van der Waals surface area (Å²) >= 11 is 0. The van der Waals surface area contributed by atoms with Gasteiger partial charge in [-0.3, -0.25) is 4.79 Å². The third-order valence-electron chi connectivity index (χ3n) is 4.22. The van der Waals surface area contributed by atoms with Crippen molar-refractivity contribution in [1.29, 1.82) is 0 Å². The number of carbonyl (C=O) groups excluding carboxylic acids is 2. The molecule has 0 spiro atoms. The molecule has 3 rings (SSSR count). The van der Waals surface area contributed by atoms with Crippen LogP contribution in [0.1, 0.15) is 40.0 Å². The van der Waals surface area contributed by atoms with Crippen molar-refractivity contribution in [3.05, 3.63) is 58.7 Å². The average Bonchev–Trinajstić information content (AvgIpc) is 3.09. The largest absolute Gasteiger partial charge is 0.454 e. The van der Waals surface area contributed by atoms with Crippen molar-refractivity contribution in [3.8, 4) is 11.5 Å². The van der Waals surface area contributed by atoms with E-state index in [0.29, 0.717) is 17.1 Å². The summed E-state index contributed by atoms with van der Waals surface area (Å²) in [7, 11) is 0. The van der Waals surface area contributed by atoms with Gasteiger partial charge in [-0.2, -0.15) is 0 Å². The van der Waals surface area contributed by atoms with E-state index in [4.69, 9.17) is 14.2 Å². The lowest BCUT2D eigenvalue weighted by molar-refractivity contribution is -0.124. The minimum absolute atomic E-state index is 0.202. The van der Waals surface area contributed by atoms with Crippen LogP contribution in [0.5, 0.6) is 11.5 Å². The van der Waals surface area contributed by atoms with Crippen LogP contribution in [0.15, 0.2) is 36.4 Å². The molecule has 0 saturated heterocycles. The quantitative estimate of drug-likeness (QED) is 0.835. The highest BCUT2D eigenvalue weighted by molar-refractivity contribution is 5.92. The number of carbonyl (C=O) groups is 2. The Morgan fingerprint density at radius 3 is 2.69 bits per heavy atom. The Bertz CT molecular complexity index is 846. The summed E-state index contributed by atoms with van der Waals surface area (Å²) in [5.41, 5.74) is 3.13. The number of esters is 1. The minimum atomic E-state index is -0.503. The van der Waals surface area contributed by atoms with Crippen LogP contribution in [0, 0.1) is 13.8 Å². The smallest absolute Gasteiger partial charge is 0.338 e. The summed E-state index contributed by atoms with van der Waals surface area (Å²) in [4.78, 5) is 24.3. The molecular weight excluding hydrogens is 334 g/mol.